The number of aromatic nitrogens is 4. The van der Waals surface area contributed by atoms with Gasteiger partial charge in [-0.2, -0.15) is 5.10 Å². The van der Waals surface area contributed by atoms with Crippen LogP contribution < -0.4 is 5.32 Å². The Kier molecular flexibility index (Phi) is 5.11. The molecular weight excluding hydrogens is 386 g/mol. The molecule has 0 spiro atoms. The number of nitrogens with zero attached hydrogens (tertiary/aromatic N) is 4. The average molecular weight is 408 g/mol. The number of hydrogen-bond donors (Lipinski definition) is 1. The Hall–Kier alpha value is -3.12. The van der Waals surface area contributed by atoms with Crippen molar-refractivity contribution in [3.8, 4) is 5.69 Å². The summed E-state index contributed by atoms with van der Waals surface area (Å²) in [5, 5.41) is 8.26. The molecule has 2 aromatic heterocycles. The number of rotatable bonds is 5. The first-order valence-electron chi connectivity index (χ1n) is 9.42. The van der Waals surface area contributed by atoms with Crippen LogP contribution in [0.3, 0.4) is 0 Å². The quantitative estimate of drug-likeness (QED) is 0.546. The molecule has 0 bridgehead atoms. The fourth-order valence-electron chi connectivity index (χ4n) is 3.52. The molecule has 1 N–H and O–H groups in total. The van der Waals surface area contributed by atoms with Gasteiger partial charge in [0.25, 0.3) is 0 Å². The van der Waals surface area contributed by atoms with Crippen LogP contribution in [0.15, 0.2) is 48.5 Å². The van der Waals surface area contributed by atoms with E-state index < -0.39 is 0 Å². The van der Waals surface area contributed by atoms with E-state index in [0.29, 0.717) is 11.6 Å². The van der Waals surface area contributed by atoms with Crippen molar-refractivity contribution in [3.05, 3.63) is 76.3 Å². The second-order valence-corrected chi connectivity index (χ2v) is 7.50. The Balaban J connectivity index is 1.48. The Morgan fingerprint density at radius 3 is 2.55 bits per heavy atom. The molecule has 29 heavy (non-hydrogen) atoms. The predicted octanol–water partition coefficient (Wildman–Crippen LogP) is 3.89. The highest BCUT2D eigenvalue weighted by atomic mass is 35.5. The van der Waals surface area contributed by atoms with Crippen molar-refractivity contribution in [2.45, 2.75) is 26.8 Å². The van der Waals surface area contributed by atoms with Gasteiger partial charge in [-0.15, -0.1) is 0 Å². The topological polar surface area (TPSA) is 64.7 Å². The van der Waals surface area contributed by atoms with Crippen LogP contribution in [-0.4, -0.2) is 25.2 Å². The monoisotopic (exact) mass is 407 g/mol. The van der Waals surface area contributed by atoms with E-state index in [4.69, 9.17) is 11.6 Å². The molecule has 0 aliphatic heterocycles. The second kappa shape index (κ2) is 7.72. The lowest BCUT2D eigenvalue weighted by Gasteiger charge is -2.07. The Labute approximate surface area is 174 Å². The third-order valence-electron chi connectivity index (χ3n) is 5.17. The zero-order valence-corrected chi connectivity index (χ0v) is 17.4. The molecule has 0 unspecified atom stereocenters. The lowest BCUT2D eigenvalue weighted by atomic mass is 10.1. The average Bonchev–Trinajstić information content (AvgIpc) is 3.18. The Morgan fingerprint density at radius 2 is 1.83 bits per heavy atom. The molecular formula is C22H22ClN5O. The summed E-state index contributed by atoms with van der Waals surface area (Å²) in [6, 6.07) is 15.4. The van der Waals surface area contributed by atoms with Crippen molar-refractivity contribution in [3.63, 3.8) is 0 Å². The van der Waals surface area contributed by atoms with Crippen LogP contribution in [0.4, 0.5) is 0 Å². The molecule has 0 fully saturated rings. The molecule has 1 amide bonds. The molecule has 0 saturated carbocycles. The summed E-state index contributed by atoms with van der Waals surface area (Å²) >= 11 is 5.98. The van der Waals surface area contributed by atoms with Crippen LogP contribution in [0.1, 0.15) is 22.8 Å². The van der Waals surface area contributed by atoms with Gasteiger partial charge in [0.2, 0.25) is 5.91 Å². The number of carbonyl (C=O) groups excluding carboxylic acids is 1. The van der Waals surface area contributed by atoms with Crippen LogP contribution in [0.5, 0.6) is 0 Å². The molecule has 0 radical (unpaired) electrons. The van der Waals surface area contributed by atoms with Gasteiger partial charge in [-0.05, 0) is 50.2 Å². The first-order valence-corrected chi connectivity index (χ1v) is 9.80. The van der Waals surface area contributed by atoms with E-state index in [1.807, 2.05) is 78.7 Å². The third kappa shape index (κ3) is 3.76. The summed E-state index contributed by atoms with van der Waals surface area (Å²) in [6.45, 7) is 4.28. The van der Waals surface area contributed by atoms with E-state index >= 15 is 0 Å². The zero-order valence-electron chi connectivity index (χ0n) is 16.6. The number of hydrogen-bond acceptors (Lipinski definition) is 3. The van der Waals surface area contributed by atoms with E-state index in [1.165, 1.54) is 0 Å². The van der Waals surface area contributed by atoms with Crippen LogP contribution in [0.25, 0.3) is 16.7 Å². The zero-order chi connectivity index (χ0) is 20.5. The van der Waals surface area contributed by atoms with Crippen molar-refractivity contribution in [2.75, 3.05) is 0 Å². The number of aryl methyl sites for hydroxylation is 2. The molecule has 2 heterocycles. The summed E-state index contributed by atoms with van der Waals surface area (Å²) < 4.78 is 3.85. The highest BCUT2D eigenvalue weighted by Crippen LogP contribution is 2.20. The van der Waals surface area contributed by atoms with Crippen LogP contribution in [0.2, 0.25) is 5.02 Å². The van der Waals surface area contributed by atoms with E-state index in [1.54, 1.807) is 0 Å². The van der Waals surface area contributed by atoms with Crippen molar-refractivity contribution >= 4 is 28.5 Å². The van der Waals surface area contributed by atoms with Gasteiger partial charge in [0, 0.05) is 23.3 Å². The normalized spacial score (nSPS) is 11.2. The minimum absolute atomic E-state index is 0.0566. The first kappa shape index (κ1) is 19.2. The lowest BCUT2D eigenvalue weighted by molar-refractivity contribution is -0.120. The lowest BCUT2D eigenvalue weighted by Crippen LogP contribution is -2.26. The summed E-state index contributed by atoms with van der Waals surface area (Å²) in [6.07, 6.45) is 0.273. The minimum Gasteiger partial charge on any atom is -0.349 e. The van der Waals surface area contributed by atoms with Crippen molar-refractivity contribution in [1.82, 2.24) is 24.6 Å². The maximum absolute atomic E-state index is 12.6. The molecule has 0 atom stereocenters. The van der Waals surface area contributed by atoms with E-state index in [9.17, 15) is 4.79 Å². The summed E-state index contributed by atoms with van der Waals surface area (Å²) in [5.41, 5.74) is 5.62. The van der Waals surface area contributed by atoms with Crippen molar-refractivity contribution in [1.29, 1.82) is 0 Å². The van der Waals surface area contributed by atoms with Gasteiger partial charge in [-0.1, -0.05) is 23.7 Å². The van der Waals surface area contributed by atoms with Gasteiger partial charge in [0.15, 0.2) is 0 Å². The van der Waals surface area contributed by atoms with E-state index in [0.717, 1.165) is 39.5 Å². The van der Waals surface area contributed by atoms with Gasteiger partial charge in [0.05, 0.1) is 35.4 Å². The van der Waals surface area contributed by atoms with Crippen molar-refractivity contribution < 1.29 is 4.79 Å². The van der Waals surface area contributed by atoms with Crippen LogP contribution in [-0.2, 0) is 24.8 Å². The van der Waals surface area contributed by atoms with Crippen molar-refractivity contribution in [2.24, 2.45) is 7.05 Å². The predicted molar refractivity (Wildman–Crippen MR) is 114 cm³/mol. The number of halogens is 1. The summed E-state index contributed by atoms with van der Waals surface area (Å²) in [5.74, 6) is 0.767. The number of benzene rings is 2. The SMILES string of the molecule is Cc1nn(-c2ccc(Cl)cc2)c(C)c1CC(=O)NCc1nc2ccccc2n1C. The molecule has 148 valence electrons. The summed E-state index contributed by atoms with van der Waals surface area (Å²) in [7, 11) is 1.96. The maximum Gasteiger partial charge on any atom is 0.224 e. The maximum atomic E-state index is 12.6. The fourth-order valence-corrected chi connectivity index (χ4v) is 3.64. The molecule has 4 aromatic rings. The third-order valence-corrected chi connectivity index (χ3v) is 5.43. The molecule has 2 aromatic carbocycles. The number of para-hydroxylation sites is 2. The van der Waals surface area contributed by atoms with Gasteiger partial charge >= 0.3 is 0 Å². The van der Waals surface area contributed by atoms with E-state index in [-0.39, 0.29) is 12.3 Å². The van der Waals surface area contributed by atoms with Gasteiger partial charge in [-0.25, -0.2) is 9.67 Å². The highest BCUT2D eigenvalue weighted by molar-refractivity contribution is 6.30. The van der Waals surface area contributed by atoms with Gasteiger partial charge < -0.3 is 9.88 Å². The Morgan fingerprint density at radius 1 is 1.10 bits per heavy atom. The van der Waals surface area contributed by atoms with Gasteiger partial charge in [-0.3, -0.25) is 4.79 Å². The molecule has 0 saturated heterocycles. The summed E-state index contributed by atoms with van der Waals surface area (Å²) in [4.78, 5) is 17.2. The van der Waals surface area contributed by atoms with Crippen LogP contribution in [0, 0.1) is 13.8 Å². The molecule has 7 heteroatoms. The second-order valence-electron chi connectivity index (χ2n) is 7.07. The molecule has 6 nitrogen and oxygen atoms in total. The van der Waals surface area contributed by atoms with Crippen LogP contribution >= 0.6 is 11.6 Å². The number of amides is 1. The fraction of sp³-hybridized carbons (Fsp3) is 0.227. The highest BCUT2D eigenvalue weighted by Gasteiger charge is 2.16. The molecule has 4 rings (SSSR count). The standard InChI is InChI=1S/C22H22ClN5O/c1-14-18(15(2)28(26-14)17-10-8-16(23)9-11-17)12-22(29)24-13-21-25-19-6-4-5-7-20(19)27(21)3/h4-11H,12-13H2,1-3H3,(H,24,29). The van der Waals surface area contributed by atoms with Gasteiger partial charge in [0.1, 0.15) is 5.82 Å². The number of imidazole rings is 1. The molecule has 0 aliphatic carbocycles. The number of nitrogens with one attached hydrogen (secondary N) is 1. The van der Waals surface area contributed by atoms with E-state index in [2.05, 4.69) is 15.4 Å². The smallest absolute Gasteiger partial charge is 0.224 e. The largest absolute Gasteiger partial charge is 0.349 e. The minimum atomic E-state index is -0.0566. The Bertz CT molecular complexity index is 1190. The number of fused-ring (bicyclic) bond motifs is 1. The first-order chi connectivity index (χ1) is 13.9. The molecule has 0 aliphatic rings. The number of carbonyl (C=O) groups is 1.